The van der Waals surface area contributed by atoms with Crippen LogP contribution in [0.25, 0.3) is 0 Å². The van der Waals surface area contributed by atoms with Crippen LogP contribution in [-0.2, 0) is 14.4 Å². The van der Waals surface area contributed by atoms with Gasteiger partial charge in [0.15, 0.2) is 0 Å². The van der Waals surface area contributed by atoms with Crippen molar-refractivity contribution in [3.63, 3.8) is 0 Å². The van der Waals surface area contributed by atoms with Crippen molar-refractivity contribution >= 4 is 29.5 Å². The second-order valence-corrected chi connectivity index (χ2v) is 7.92. The van der Waals surface area contributed by atoms with Crippen molar-refractivity contribution in [2.24, 2.45) is 0 Å². The molecule has 0 radical (unpaired) electrons. The molecular formula is C23H34O6S. The van der Waals surface area contributed by atoms with Crippen LogP contribution < -0.4 is 0 Å². The predicted octanol–water partition coefficient (Wildman–Crippen LogP) is 4.55. The molecule has 168 valence electrons. The van der Waals surface area contributed by atoms with Gasteiger partial charge in [-0.05, 0) is 32.1 Å². The van der Waals surface area contributed by atoms with Gasteiger partial charge >= 0.3 is 11.9 Å². The van der Waals surface area contributed by atoms with E-state index in [-0.39, 0.29) is 18.6 Å². The highest BCUT2D eigenvalue weighted by Gasteiger charge is 2.20. The second-order valence-electron chi connectivity index (χ2n) is 6.76. The first kappa shape index (κ1) is 27.9. The smallest absolute Gasteiger partial charge is 0.373 e. The molecule has 0 saturated carbocycles. The number of aliphatic hydroxyl groups excluding tert-OH is 1. The van der Waals surface area contributed by atoms with Crippen molar-refractivity contribution in [1.29, 1.82) is 0 Å². The lowest BCUT2D eigenvalue weighted by Gasteiger charge is -2.18. The maximum Gasteiger partial charge on any atom is 0.373 e. The first-order chi connectivity index (χ1) is 14.4. The van der Waals surface area contributed by atoms with Gasteiger partial charge in [0, 0.05) is 11.7 Å². The molecule has 0 heterocycles. The summed E-state index contributed by atoms with van der Waals surface area (Å²) in [5, 5.41) is 27.2. The van der Waals surface area contributed by atoms with Crippen LogP contribution in [-0.4, -0.2) is 50.1 Å². The summed E-state index contributed by atoms with van der Waals surface area (Å²) in [5.74, 6) is -3.63. The third-order valence-corrected chi connectivity index (χ3v) is 5.38. The van der Waals surface area contributed by atoms with Gasteiger partial charge < -0.3 is 15.3 Å². The Kier molecular flexibility index (Phi) is 17.5. The Morgan fingerprint density at radius 2 is 1.67 bits per heavy atom. The molecule has 0 aromatic carbocycles. The fraction of sp³-hybridized carbons (Fsp3) is 0.522. The number of thioether (sulfide) groups is 1. The van der Waals surface area contributed by atoms with Gasteiger partial charge in [0.25, 0.3) is 0 Å². The zero-order valence-electron chi connectivity index (χ0n) is 17.6. The number of hydrogen-bond acceptors (Lipinski definition) is 5. The Hall–Kier alpha value is -2.12. The van der Waals surface area contributed by atoms with E-state index in [0.717, 1.165) is 24.6 Å². The molecule has 3 N–H and O–H groups in total. The van der Waals surface area contributed by atoms with Gasteiger partial charge in [0.1, 0.15) is 0 Å². The highest BCUT2D eigenvalue weighted by molar-refractivity contribution is 8.00. The molecule has 0 bridgehead atoms. The van der Waals surface area contributed by atoms with Crippen LogP contribution in [0.15, 0.2) is 48.6 Å². The number of rotatable bonds is 18. The Bertz CT molecular complexity index is 621. The monoisotopic (exact) mass is 438 g/mol. The quantitative estimate of drug-likeness (QED) is 0.124. The van der Waals surface area contributed by atoms with E-state index >= 15 is 0 Å². The van der Waals surface area contributed by atoms with Crippen molar-refractivity contribution in [2.75, 3.05) is 5.75 Å². The van der Waals surface area contributed by atoms with Crippen molar-refractivity contribution in [1.82, 2.24) is 0 Å². The van der Waals surface area contributed by atoms with Crippen LogP contribution >= 0.6 is 11.8 Å². The van der Waals surface area contributed by atoms with Crippen LogP contribution in [0.5, 0.6) is 0 Å². The average Bonchev–Trinajstić information content (AvgIpc) is 2.70. The van der Waals surface area contributed by atoms with Crippen LogP contribution in [0.3, 0.4) is 0 Å². The highest BCUT2D eigenvalue weighted by atomic mass is 32.2. The van der Waals surface area contributed by atoms with E-state index in [9.17, 15) is 19.5 Å². The minimum absolute atomic E-state index is 0.0516. The summed E-state index contributed by atoms with van der Waals surface area (Å²) in [6, 6.07) is 0. The van der Waals surface area contributed by atoms with Gasteiger partial charge in [0.05, 0.1) is 11.9 Å². The molecule has 2 atom stereocenters. The molecule has 30 heavy (non-hydrogen) atoms. The summed E-state index contributed by atoms with van der Waals surface area (Å²) in [5.41, 5.74) is 0. The minimum Gasteiger partial charge on any atom is -0.481 e. The van der Waals surface area contributed by atoms with Gasteiger partial charge in [-0.1, -0.05) is 68.4 Å². The Morgan fingerprint density at radius 1 is 0.933 bits per heavy atom. The molecule has 6 nitrogen and oxygen atoms in total. The number of allylic oxidation sites excluding steroid dienone is 7. The largest absolute Gasteiger partial charge is 0.481 e. The summed E-state index contributed by atoms with van der Waals surface area (Å²) in [4.78, 5) is 32.6. The Morgan fingerprint density at radius 3 is 2.33 bits per heavy atom. The number of carboxylic acid groups (broad SMARTS) is 2. The second kappa shape index (κ2) is 18.9. The Balaban J connectivity index is 4.53. The summed E-state index contributed by atoms with van der Waals surface area (Å²) in [6.07, 6.45) is 20.6. The average molecular weight is 439 g/mol. The zero-order valence-corrected chi connectivity index (χ0v) is 18.4. The van der Waals surface area contributed by atoms with Crippen LogP contribution in [0.2, 0.25) is 0 Å². The van der Waals surface area contributed by atoms with E-state index in [1.54, 1.807) is 18.2 Å². The van der Waals surface area contributed by atoms with Gasteiger partial charge in [0.2, 0.25) is 5.78 Å². The number of carboxylic acids is 2. The van der Waals surface area contributed by atoms with Crippen molar-refractivity contribution in [2.45, 2.75) is 69.6 Å². The number of unbranched alkanes of at least 4 members (excludes halogenated alkanes) is 3. The van der Waals surface area contributed by atoms with Crippen molar-refractivity contribution in [3.05, 3.63) is 48.6 Å². The topological polar surface area (TPSA) is 112 Å². The van der Waals surface area contributed by atoms with Gasteiger partial charge in [-0.25, -0.2) is 4.79 Å². The molecule has 0 amide bonds. The molecule has 0 saturated heterocycles. The van der Waals surface area contributed by atoms with Crippen molar-refractivity contribution < 1.29 is 29.7 Å². The number of hydrogen-bond donors (Lipinski definition) is 3. The predicted molar refractivity (Wildman–Crippen MR) is 122 cm³/mol. The SMILES string of the molecule is CCCCC/C=C\C\C=C/C=C/C=C/[C@@H](SCC(=O)C(=O)O)[C@@H](O)CCCC(=O)O. The number of Topliss-reactive ketones (excluding diaryl/α,β-unsaturated/α-hetero) is 1. The van der Waals surface area contributed by atoms with E-state index in [2.05, 4.69) is 19.1 Å². The molecule has 0 aliphatic heterocycles. The number of aliphatic carboxylic acids is 2. The summed E-state index contributed by atoms with van der Waals surface area (Å²) < 4.78 is 0. The van der Waals surface area contributed by atoms with Gasteiger partial charge in [-0.3, -0.25) is 9.59 Å². The van der Waals surface area contributed by atoms with E-state index in [1.165, 1.54) is 19.3 Å². The molecule has 0 fully saturated rings. The van der Waals surface area contributed by atoms with Crippen LogP contribution in [0.1, 0.15) is 58.3 Å². The van der Waals surface area contributed by atoms with E-state index in [0.29, 0.717) is 6.42 Å². The standard InChI is InChI=1S/C23H34O6S/c1-2-3-4-5-6-7-8-9-10-11-12-13-16-21(30-18-20(25)23(28)29)19(24)15-14-17-22(26)27/h6-7,9-13,16,19,21,24H,2-5,8,14-15,17-18H2,1H3,(H,26,27)(H,28,29)/b7-6-,10-9-,12-11+,16-13+/t19-,21+/m0/s1. The number of carbonyl (C=O) groups is 3. The maximum absolute atomic E-state index is 11.3. The third-order valence-electron chi connectivity index (χ3n) is 4.10. The summed E-state index contributed by atoms with van der Waals surface area (Å²) in [6.45, 7) is 2.18. The lowest BCUT2D eigenvalue weighted by Crippen LogP contribution is -2.24. The molecule has 0 spiro atoms. The molecule has 0 aromatic rings. The normalized spacial score (nSPS) is 14.2. The molecule has 0 unspecified atom stereocenters. The Labute approximate surface area is 183 Å². The summed E-state index contributed by atoms with van der Waals surface area (Å²) in [7, 11) is 0. The molecule has 0 aromatic heterocycles. The first-order valence-electron chi connectivity index (χ1n) is 10.3. The molecule has 7 heteroatoms. The highest BCUT2D eigenvalue weighted by Crippen LogP contribution is 2.20. The molecule has 0 aliphatic rings. The fourth-order valence-corrected chi connectivity index (χ4v) is 3.45. The third kappa shape index (κ3) is 16.8. The van der Waals surface area contributed by atoms with Gasteiger partial charge in [-0.2, -0.15) is 0 Å². The number of ketones is 1. The zero-order chi connectivity index (χ0) is 22.6. The minimum atomic E-state index is -1.50. The first-order valence-corrected chi connectivity index (χ1v) is 11.4. The van der Waals surface area contributed by atoms with E-state index in [1.807, 2.05) is 18.2 Å². The molecular weight excluding hydrogens is 404 g/mol. The van der Waals surface area contributed by atoms with Crippen LogP contribution in [0, 0.1) is 0 Å². The lowest BCUT2D eigenvalue weighted by molar-refractivity contribution is -0.147. The number of carbonyl (C=O) groups excluding carboxylic acids is 1. The van der Waals surface area contributed by atoms with E-state index < -0.39 is 29.1 Å². The van der Waals surface area contributed by atoms with Crippen molar-refractivity contribution in [3.8, 4) is 0 Å². The molecule has 0 aliphatic carbocycles. The lowest BCUT2D eigenvalue weighted by atomic mass is 10.1. The number of aliphatic hydroxyl groups is 1. The van der Waals surface area contributed by atoms with E-state index in [4.69, 9.17) is 10.2 Å². The fourth-order valence-electron chi connectivity index (χ4n) is 2.42. The maximum atomic E-state index is 11.3. The molecule has 0 rings (SSSR count). The van der Waals surface area contributed by atoms with Gasteiger partial charge in [-0.15, -0.1) is 11.8 Å². The van der Waals surface area contributed by atoms with Crippen LogP contribution in [0.4, 0.5) is 0 Å². The summed E-state index contributed by atoms with van der Waals surface area (Å²) >= 11 is 1.03.